The van der Waals surface area contributed by atoms with E-state index in [1.807, 2.05) is 53.2 Å². The van der Waals surface area contributed by atoms with E-state index in [0.717, 1.165) is 45.9 Å². The molecule has 5 nitrogen and oxygen atoms in total. The maximum absolute atomic E-state index is 5.51. The Labute approximate surface area is 169 Å². The number of rotatable bonds is 6. The van der Waals surface area contributed by atoms with E-state index in [1.54, 1.807) is 18.7 Å². The number of anilines is 2. The molecule has 0 aliphatic rings. The third kappa shape index (κ3) is 3.46. The Morgan fingerprint density at radius 1 is 1.21 bits per heavy atom. The van der Waals surface area contributed by atoms with Crippen LogP contribution in [0.25, 0.3) is 16.9 Å². The van der Waals surface area contributed by atoms with Crippen molar-refractivity contribution in [3.05, 3.63) is 72.2 Å². The predicted molar refractivity (Wildman–Crippen MR) is 117 cm³/mol. The number of imidazole rings is 1. The molecule has 28 heavy (non-hydrogen) atoms. The average molecular weight is 388 g/mol. The molecule has 0 aliphatic heterocycles. The molecule has 0 radical (unpaired) electrons. The van der Waals surface area contributed by atoms with Crippen LogP contribution in [0.2, 0.25) is 0 Å². The highest BCUT2D eigenvalue weighted by molar-refractivity contribution is 7.79. The summed E-state index contributed by atoms with van der Waals surface area (Å²) in [5, 5.41) is 5.06. The van der Waals surface area contributed by atoms with Gasteiger partial charge in [-0.3, -0.25) is 0 Å². The molecule has 0 atom stereocenters. The second kappa shape index (κ2) is 7.78. The summed E-state index contributed by atoms with van der Waals surface area (Å²) < 4.78 is 7.48. The molecule has 2 aromatic heterocycles. The van der Waals surface area contributed by atoms with Crippen LogP contribution in [0.1, 0.15) is 18.1 Å². The molecule has 4 aromatic rings. The number of nitrogens with zero attached hydrogens (tertiary/aromatic N) is 3. The molecule has 0 saturated heterocycles. The van der Waals surface area contributed by atoms with E-state index in [9.17, 15) is 0 Å². The first kappa shape index (κ1) is 18.1. The van der Waals surface area contributed by atoms with Crippen LogP contribution < -0.4 is 10.1 Å². The minimum absolute atomic E-state index is 0.682. The van der Waals surface area contributed by atoms with Gasteiger partial charge in [-0.05, 0) is 29.7 Å². The second-order valence-electron chi connectivity index (χ2n) is 6.38. The average Bonchev–Trinajstić information content (AvgIpc) is 3.22. The molecule has 2 aromatic carbocycles. The minimum Gasteiger partial charge on any atom is -0.496 e. The van der Waals surface area contributed by atoms with Gasteiger partial charge in [0, 0.05) is 41.3 Å². The molecule has 140 valence electrons. The summed E-state index contributed by atoms with van der Waals surface area (Å²) in [7, 11) is 1.69. The molecule has 0 aliphatic carbocycles. The summed E-state index contributed by atoms with van der Waals surface area (Å²) in [6.45, 7) is 2.11. The van der Waals surface area contributed by atoms with Crippen molar-refractivity contribution < 1.29 is 4.74 Å². The quantitative estimate of drug-likeness (QED) is 0.468. The molecule has 1 N–H and O–H groups in total. The maximum Gasteiger partial charge on any atom is 0.180 e. The number of methoxy groups -OCH3 is 1. The minimum atomic E-state index is 0.682. The first-order valence-corrected chi connectivity index (χ1v) is 9.52. The fourth-order valence-electron chi connectivity index (χ4n) is 3.18. The van der Waals surface area contributed by atoms with Gasteiger partial charge in [-0.2, -0.15) is 0 Å². The van der Waals surface area contributed by atoms with Crippen molar-refractivity contribution in [1.29, 1.82) is 0 Å². The van der Waals surface area contributed by atoms with E-state index in [-0.39, 0.29) is 0 Å². The normalized spacial score (nSPS) is 10.8. The second-order valence-corrected chi connectivity index (χ2v) is 6.62. The van der Waals surface area contributed by atoms with Crippen LogP contribution in [0.15, 0.2) is 61.1 Å². The third-order valence-electron chi connectivity index (χ3n) is 4.62. The van der Waals surface area contributed by atoms with Crippen molar-refractivity contribution in [2.75, 3.05) is 12.4 Å². The third-order valence-corrected chi connectivity index (χ3v) is 4.90. The van der Waals surface area contributed by atoms with Gasteiger partial charge in [-0.25, -0.2) is 9.97 Å². The van der Waals surface area contributed by atoms with Gasteiger partial charge in [0.2, 0.25) is 0 Å². The van der Waals surface area contributed by atoms with E-state index < -0.39 is 0 Å². The first-order valence-electron chi connectivity index (χ1n) is 9.05. The highest BCUT2D eigenvalue weighted by Crippen LogP contribution is 2.28. The standard InChI is InChI=1S/C22H20N4OS/c1-3-16-7-8-18(12-20(16)27-2)24-21-22-23-9-10-26(22)13-19(25-21)17-6-4-5-15(11-17)14-28/h4-14H,3H2,1-2H3,(H,24,25). The first-order chi connectivity index (χ1) is 13.7. The summed E-state index contributed by atoms with van der Waals surface area (Å²) in [5.41, 5.74) is 5.64. The number of ether oxygens (including phenoxy) is 1. The van der Waals surface area contributed by atoms with Gasteiger partial charge < -0.3 is 14.5 Å². The largest absolute Gasteiger partial charge is 0.496 e. The zero-order chi connectivity index (χ0) is 19.5. The molecule has 4 rings (SSSR count). The SMILES string of the molecule is CCc1ccc(Nc2nc(-c3cccc(C=S)c3)cn3ccnc23)cc1OC. The zero-order valence-corrected chi connectivity index (χ0v) is 16.5. The lowest BCUT2D eigenvalue weighted by Gasteiger charge is -2.13. The summed E-state index contributed by atoms with van der Waals surface area (Å²) >= 11 is 5.06. The van der Waals surface area contributed by atoms with Gasteiger partial charge in [0.25, 0.3) is 0 Å². The van der Waals surface area contributed by atoms with Crippen molar-refractivity contribution >= 4 is 34.7 Å². The Hall–Kier alpha value is -3.25. The molecule has 0 bridgehead atoms. The number of thiocarbonyl (C=S) groups is 1. The molecule has 0 saturated carbocycles. The van der Waals surface area contributed by atoms with Crippen molar-refractivity contribution in [2.45, 2.75) is 13.3 Å². The molecule has 0 fully saturated rings. The number of hydrogen-bond donors (Lipinski definition) is 1. The summed E-state index contributed by atoms with van der Waals surface area (Å²) in [5.74, 6) is 1.54. The van der Waals surface area contributed by atoms with Crippen molar-refractivity contribution in [3.63, 3.8) is 0 Å². The van der Waals surface area contributed by atoms with Crippen LogP contribution in [0.4, 0.5) is 11.5 Å². The maximum atomic E-state index is 5.51. The number of hydrogen-bond acceptors (Lipinski definition) is 5. The summed E-state index contributed by atoms with van der Waals surface area (Å²) in [6, 6.07) is 14.1. The van der Waals surface area contributed by atoms with Gasteiger partial charge >= 0.3 is 0 Å². The van der Waals surface area contributed by atoms with E-state index in [4.69, 9.17) is 21.9 Å². The molecule has 2 heterocycles. The Bertz CT molecular complexity index is 1150. The highest BCUT2D eigenvalue weighted by Gasteiger charge is 2.11. The van der Waals surface area contributed by atoms with Gasteiger partial charge in [0.05, 0.1) is 12.8 Å². The lowest BCUT2D eigenvalue weighted by atomic mass is 10.1. The lowest BCUT2D eigenvalue weighted by molar-refractivity contribution is 0.410. The van der Waals surface area contributed by atoms with E-state index in [1.165, 1.54) is 0 Å². The van der Waals surface area contributed by atoms with Crippen LogP contribution in [-0.2, 0) is 6.42 Å². The smallest absolute Gasteiger partial charge is 0.180 e. The Balaban J connectivity index is 1.78. The predicted octanol–water partition coefficient (Wildman–Crippen LogP) is 5.06. The van der Waals surface area contributed by atoms with Crippen LogP contribution in [0, 0.1) is 0 Å². The van der Waals surface area contributed by atoms with E-state index in [0.29, 0.717) is 5.82 Å². The Morgan fingerprint density at radius 2 is 2.11 bits per heavy atom. The molecule has 0 amide bonds. The highest BCUT2D eigenvalue weighted by atomic mass is 32.1. The van der Waals surface area contributed by atoms with Crippen LogP contribution in [0.3, 0.4) is 0 Å². The summed E-state index contributed by atoms with van der Waals surface area (Å²) in [6.07, 6.45) is 6.56. The summed E-state index contributed by atoms with van der Waals surface area (Å²) in [4.78, 5) is 9.27. The van der Waals surface area contributed by atoms with E-state index >= 15 is 0 Å². The van der Waals surface area contributed by atoms with Gasteiger partial charge in [0.1, 0.15) is 5.75 Å². The lowest BCUT2D eigenvalue weighted by Crippen LogP contribution is -2.01. The van der Waals surface area contributed by atoms with Crippen LogP contribution in [-0.4, -0.2) is 26.8 Å². The Morgan fingerprint density at radius 3 is 2.89 bits per heavy atom. The molecular formula is C22H20N4OS. The molecule has 0 unspecified atom stereocenters. The monoisotopic (exact) mass is 388 g/mol. The van der Waals surface area contributed by atoms with Crippen molar-refractivity contribution in [3.8, 4) is 17.0 Å². The van der Waals surface area contributed by atoms with Crippen molar-refractivity contribution in [1.82, 2.24) is 14.4 Å². The van der Waals surface area contributed by atoms with Crippen molar-refractivity contribution in [2.24, 2.45) is 0 Å². The zero-order valence-electron chi connectivity index (χ0n) is 15.7. The van der Waals surface area contributed by atoms with Gasteiger partial charge in [0.15, 0.2) is 11.5 Å². The van der Waals surface area contributed by atoms with E-state index in [2.05, 4.69) is 23.3 Å². The van der Waals surface area contributed by atoms with Gasteiger partial charge in [-0.1, -0.05) is 43.4 Å². The Kier molecular flexibility index (Phi) is 5.04. The van der Waals surface area contributed by atoms with Gasteiger partial charge in [-0.15, -0.1) is 0 Å². The number of aromatic nitrogens is 3. The number of aryl methyl sites for hydroxylation is 1. The number of fused-ring (bicyclic) bond motifs is 1. The van der Waals surface area contributed by atoms with Crippen LogP contribution in [0.5, 0.6) is 5.75 Å². The number of benzene rings is 2. The van der Waals surface area contributed by atoms with Crippen LogP contribution >= 0.6 is 12.2 Å². The fourth-order valence-corrected chi connectivity index (χ4v) is 3.32. The molecule has 0 spiro atoms. The molecular weight excluding hydrogens is 368 g/mol. The topological polar surface area (TPSA) is 51.5 Å². The number of nitrogens with one attached hydrogen (secondary N) is 1. The fraction of sp³-hybridized carbons (Fsp3) is 0.136. The molecule has 6 heteroatoms.